The number of hydrogen-bond acceptors (Lipinski definition) is 2. The maximum absolute atomic E-state index is 12.3. The van der Waals surface area contributed by atoms with E-state index in [1.54, 1.807) is 24.3 Å². The smallest absolute Gasteiger partial charge is 0.325 e. The fraction of sp³-hybridized carbons (Fsp3) is 0.300. The number of carbonyl (C=O) groups is 1. The lowest BCUT2D eigenvalue weighted by Crippen LogP contribution is -2.25. The summed E-state index contributed by atoms with van der Waals surface area (Å²) < 4.78 is 12.3. The summed E-state index contributed by atoms with van der Waals surface area (Å²) in [5.41, 5.74) is 1.16. The van der Waals surface area contributed by atoms with Crippen molar-refractivity contribution >= 4 is 11.7 Å². The number of carboxylic acids is 1. The lowest BCUT2D eigenvalue weighted by Gasteiger charge is -2.10. The van der Waals surface area contributed by atoms with Crippen LogP contribution in [0, 0.1) is 0 Å². The van der Waals surface area contributed by atoms with Crippen molar-refractivity contribution in [3.05, 3.63) is 29.8 Å². The maximum Gasteiger partial charge on any atom is 0.325 e. The molecule has 1 aromatic rings. The highest BCUT2D eigenvalue weighted by Gasteiger charge is 2.09. The molecule has 0 aliphatic rings. The lowest BCUT2D eigenvalue weighted by atomic mass is 10.2. The number of anilines is 1. The minimum Gasteiger partial charge on any atom is -0.480 e. The third kappa shape index (κ3) is 2.73. The van der Waals surface area contributed by atoms with Crippen molar-refractivity contribution in [2.75, 3.05) is 5.32 Å². The molecule has 1 atom stereocenters. The monoisotopic (exact) mass is 197 g/mol. The van der Waals surface area contributed by atoms with E-state index in [0.717, 1.165) is 0 Å². The van der Waals surface area contributed by atoms with Crippen LogP contribution in [-0.2, 0) is 11.5 Å². The van der Waals surface area contributed by atoms with Gasteiger partial charge in [-0.15, -0.1) is 0 Å². The first kappa shape index (κ1) is 10.5. The third-order valence-electron chi connectivity index (χ3n) is 1.83. The van der Waals surface area contributed by atoms with Gasteiger partial charge in [0.25, 0.3) is 0 Å². The molecule has 0 radical (unpaired) electrons. The zero-order chi connectivity index (χ0) is 10.6. The van der Waals surface area contributed by atoms with E-state index in [1.165, 1.54) is 6.92 Å². The van der Waals surface area contributed by atoms with Gasteiger partial charge in [-0.3, -0.25) is 4.79 Å². The summed E-state index contributed by atoms with van der Waals surface area (Å²) in [4.78, 5) is 10.5. The van der Waals surface area contributed by atoms with E-state index in [4.69, 9.17) is 5.11 Å². The number of rotatable bonds is 4. The van der Waals surface area contributed by atoms with Crippen molar-refractivity contribution in [1.82, 2.24) is 0 Å². The maximum atomic E-state index is 12.3. The second-order valence-electron chi connectivity index (χ2n) is 3.04. The predicted molar refractivity (Wildman–Crippen MR) is 52.0 cm³/mol. The molecular formula is C10H12FNO2. The van der Waals surface area contributed by atoms with E-state index in [-0.39, 0.29) is 0 Å². The summed E-state index contributed by atoms with van der Waals surface area (Å²) in [7, 11) is 0. The Morgan fingerprint density at radius 3 is 2.93 bits per heavy atom. The minimum atomic E-state index is -0.935. The third-order valence-corrected chi connectivity index (χ3v) is 1.83. The van der Waals surface area contributed by atoms with Crippen LogP contribution in [0.15, 0.2) is 24.3 Å². The molecule has 1 unspecified atom stereocenters. The molecule has 0 spiro atoms. The van der Waals surface area contributed by atoms with Crippen LogP contribution < -0.4 is 5.32 Å². The van der Waals surface area contributed by atoms with E-state index < -0.39 is 18.7 Å². The van der Waals surface area contributed by atoms with Gasteiger partial charge in [-0.05, 0) is 24.6 Å². The predicted octanol–water partition coefficient (Wildman–Crippen LogP) is 2.04. The van der Waals surface area contributed by atoms with Crippen LogP contribution in [0.1, 0.15) is 12.5 Å². The number of carboxylic acid groups (broad SMARTS) is 1. The Kier molecular flexibility index (Phi) is 3.45. The highest BCUT2D eigenvalue weighted by Crippen LogP contribution is 2.12. The molecule has 1 aromatic carbocycles. The molecule has 3 nitrogen and oxygen atoms in total. The Balaban J connectivity index is 2.71. The molecule has 76 valence electrons. The Hall–Kier alpha value is -1.58. The van der Waals surface area contributed by atoms with Crippen molar-refractivity contribution in [3.63, 3.8) is 0 Å². The summed E-state index contributed by atoms with van der Waals surface area (Å²) >= 11 is 0. The van der Waals surface area contributed by atoms with Gasteiger partial charge in [0.2, 0.25) is 0 Å². The van der Waals surface area contributed by atoms with Crippen LogP contribution in [0.3, 0.4) is 0 Å². The van der Waals surface area contributed by atoms with Crippen molar-refractivity contribution in [3.8, 4) is 0 Å². The van der Waals surface area contributed by atoms with Crippen LogP contribution in [0.2, 0.25) is 0 Å². The fourth-order valence-corrected chi connectivity index (χ4v) is 1.06. The minimum absolute atomic E-state index is 0.535. The van der Waals surface area contributed by atoms with Gasteiger partial charge < -0.3 is 10.4 Å². The summed E-state index contributed by atoms with van der Waals surface area (Å²) in [6.45, 7) is 0.988. The van der Waals surface area contributed by atoms with Gasteiger partial charge >= 0.3 is 5.97 Å². The summed E-state index contributed by atoms with van der Waals surface area (Å²) in [6, 6.07) is 5.96. The van der Waals surface area contributed by atoms with E-state index in [0.29, 0.717) is 11.3 Å². The first-order valence-corrected chi connectivity index (χ1v) is 4.27. The van der Waals surface area contributed by atoms with Gasteiger partial charge in [-0.25, -0.2) is 4.39 Å². The highest BCUT2D eigenvalue weighted by molar-refractivity contribution is 5.76. The fourth-order valence-electron chi connectivity index (χ4n) is 1.06. The molecule has 0 amide bonds. The molecule has 0 fully saturated rings. The summed E-state index contributed by atoms with van der Waals surface area (Å²) in [5, 5.41) is 11.4. The highest BCUT2D eigenvalue weighted by atomic mass is 19.1. The molecule has 1 rings (SSSR count). The van der Waals surface area contributed by atoms with Crippen LogP contribution in [0.4, 0.5) is 10.1 Å². The molecule has 14 heavy (non-hydrogen) atoms. The Morgan fingerprint density at radius 1 is 1.64 bits per heavy atom. The zero-order valence-corrected chi connectivity index (χ0v) is 7.83. The van der Waals surface area contributed by atoms with Gasteiger partial charge in [-0.2, -0.15) is 0 Å². The SMILES string of the molecule is CC(Nc1cccc(CF)c1)C(=O)O. The standard InChI is InChI=1S/C10H12FNO2/c1-7(10(13)14)12-9-4-2-3-8(5-9)6-11/h2-5,7,12H,6H2,1H3,(H,13,14). The first-order valence-electron chi connectivity index (χ1n) is 4.27. The van der Waals surface area contributed by atoms with Crippen molar-refractivity contribution in [2.24, 2.45) is 0 Å². The van der Waals surface area contributed by atoms with Crippen LogP contribution in [-0.4, -0.2) is 17.1 Å². The average molecular weight is 197 g/mol. The van der Waals surface area contributed by atoms with E-state index in [9.17, 15) is 9.18 Å². The van der Waals surface area contributed by atoms with E-state index >= 15 is 0 Å². The van der Waals surface area contributed by atoms with Crippen LogP contribution in [0.5, 0.6) is 0 Å². The van der Waals surface area contributed by atoms with Crippen LogP contribution in [0.25, 0.3) is 0 Å². The van der Waals surface area contributed by atoms with E-state index in [1.807, 2.05) is 0 Å². The molecule has 0 bridgehead atoms. The molecule has 0 saturated carbocycles. The number of halogens is 1. The zero-order valence-electron chi connectivity index (χ0n) is 7.83. The van der Waals surface area contributed by atoms with Gasteiger partial charge in [0, 0.05) is 5.69 Å². The van der Waals surface area contributed by atoms with Gasteiger partial charge in [-0.1, -0.05) is 12.1 Å². The second kappa shape index (κ2) is 4.60. The second-order valence-corrected chi connectivity index (χ2v) is 3.04. The molecule has 4 heteroatoms. The van der Waals surface area contributed by atoms with Crippen molar-refractivity contribution in [2.45, 2.75) is 19.6 Å². The average Bonchev–Trinajstić information content (AvgIpc) is 2.18. The Morgan fingerprint density at radius 2 is 2.36 bits per heavy atom. The Labute approximate surface area is 81.6 Å². The summed E-state index contributed by atoms with van der Waals surface area (Å²) in [6.07, 6.45) is 0. The van der Waals surface area contributed by atoms with Gasteiger partial charge in [0.15, 0.2) is 0 Å². The number of hydrogen-bond donors (Lipinski definition) is 2. The normalized spacial score (nSPS) is 12.1. The van der Waals surface area contributed by atoms with Crippen LogP contribution >= 0.6 is 0 Å². The molecule has 0 saturated heterocycles. The van der Waals surface area contributed by atoms with Gasteiger partial charge in [0.1, 0.15) is 12.7 Å². The first-order chi connectivity index (χ1) is 6.63. The molecule has 0 heterocycles. The summed E-state index contributed by atoms with van der Waals surface area (Å²) in [5.74, 6) is -0.935. The van der Waals surface area contributed by atoms with Crippen molar-refractivity contribution in [1.29, 1.82) is 0 Å². The topological polar surface area (TPSA) is 49.3 Å². The molecular weight excluding hydrogens is 185 g/mol. The van der Waals surface area contributed by atoms with Crippen molar-refractivity contribution < 1.29 is 14.3 Å². The largest absolute Gasteiger partial charge is 0.480 e. The van der Waals surface area contributed by atoms with Gasteiger partial charge in [0.05, 0.1) is 0 Å². The van der Waals surface area contributed by atoms with E-state index in [2.05, 4.69) is 5.32 Å². The number of alkyl halides is 1. The number of nitrogens with one attached hydrogen (secondary N) is 1. The molecule has 0 aliphatic carbocycles. The number of benzene rings is 1. The molecule has 2 N–H and O–H groups in total. The lowest BCUT2D eigenvalue weighted by molar-refractivity contribution is -0.137. The Bertz CT molecular complexity index is 328. The molecule has 0 aromatic heterocycles. The number of aliphatic carboxylic acids is 1. The molecule has 0 aliphatic heterocycles. The quantitative estimate of drug-likeness (QED) is 0.776.